The van der Waals surface area contributed by atoms with E-state index in [9.17, 15) is 4.79 Å². The van der Waals surface area contributed by atoms with Gasteiger partial charge in [-0.2, -0.15) is 0 Å². The zero-order valence-corrected chi connectivity index (χ0v) is 13.4. The van der Waals surface area contributed by atoms with Crippen molar-refractivity contribution in [3.05, 3.63) is 29.3 Å². The molecule has 0 radical (unpaired) electrons. The van der Waals surface area contributed by atoms with E-state index in [4.69, 9.17) is 9.84 Å². The minimum absolute atomic E-state index is 0.338. The Hall–Kier alpha value is -1.51. The molecule has 0 fully saturated rings. The van der Waals surface area contributed by atoms with Gasteiger partial charge in [0, 0.05) is 0 Å². The number of rotatable bonds is 11. The van der Waals surface area contributed by atoms with Crippen molar-refractivity contribution in [2.45, 2.75) is 64.7 Å². The Kier molecular flexibility index (Phi) is 8.56. The second-order valence-corrected chi connectivity index (χ2v) is 5.56. The summed E-state index contributed by atoms with van der Waals surface area (Å²) in [5.41, 5.74) is 1.34. The van der Waals surface area contributed by atoms with E-state index in [-0.39, 0.29) is 0 Å². The van der Waals surface area contributed by atoms with Crippen molar-refractivity contribution in [2.24, 2.45) is 0 Å². The van der Waals surface area contributed by atoms with Crippen LogP contribution in [0.5, 0.6) is 5.75 Å². The third kappa shape index (κ3) is 6.65. The Morgan fingerprint density at radius 3 is 2.24 bits per heavy atom. The van der Waals surface area contributed by atoms with E-state index < -0.39 is 5.97 Å². The zero-order valence-electron chi connectivity index (χ0n) is 13.4. The van der Waals surface area contributed by atoms with Gasteiger partial charge < -0.3 is 9.84 Å². The van der Waals surface area contributed by atoms with Crippen LogP contribution in [-0.2, 0) is 6.42 Å². The standard InChI is InChI=1S/C18H28O3/c1-3-4-5-6-7-8-9-10-11-15-14-16(18(19)20)12-13-17(15)21-2/h12-14H,3-11H2,1-2H3,(H,19,20). The molecule has 0 aromatic heterocycles. The van der Waals surface area contributed by atoms with Crippen LogP contribution in [0.25, 0.3) is 0 Å². The van der Waals surface area contributed by atoms with Gasteiger partial charge in [-0.05, 0) is 36.6 Å². The number of aromatic carboxylic acids is 1. The average Bonchev–Trinajstić information content (AvgIpc) is 2.49. The van der Waals surface area contributed by atoms with Gasteiger partial charge in [0.1, 0.15) is 5.75 Å². The molecular formula is C18H28O3. The summed E-state index contributed by atoms with van der Waals surface area (Å²) in [5.74, 6) is -0.0854. The summed E-state index contributed by atoms with van der Waals surface area (Å²) in [6, 6.07) is 5.09. The van der Waals surface area contributed by atoms with Crippen LogP contribution in [0.1, 0.15) is 74.2 Å². The molecule has 1 N–H and O–H groups in total. The number of aryl methyl sites for hydroxylation is 1. The maximum absolute atomic E-state index is 11.0. The van der Waals surface area contributed by atoms with Crippen LogP contribution < -0.4 is 4.74 Å². The van der Waals surface area contributed by atoms with E-state index >= 15 is 0 Å². The molecule has 1 rings (SSSR count). The summed E-state index contributed by atoms with van der Waals surface area (Å²) in [4.78, 5) is 11.0. The third-order valence-electron chi connectivity index (χ3n) is 3.83. The normalized spacial score (nSPS) is 10.6. The first kappa shape index (κ1) is 17.5. The number of ether oxygens (including phenoxy) is 1. The predicted molar refractivity (Wildman–Crippen MR) is 86.3 cm³/mol. The molecule has 1 aromatic rings. The molecule has 0 aliphatic rings. The summed E-state index contributed by atoms with van der Waals surface area (Å²) in [6.07, 6.45) is 11.1. The lowest BCUT2D eigenvalue weighted by molar-refractivity contribution is 0.0696. The monoisotopic (exact) mass is 292 g/mol. The van der Waals surface area contributed by atoms with Crippen molar-refractivity contribution in [3.63, 3.8) is 0 Å². The maximum atomic E-state index is 11.0. The molecule has 0 aliphatic heterocycles. The van der Waals surface area contributed by atoms with Gasteiger partial charge in [0.25, 0.3) is 0 Å². The van der Waals surface area contributed by atoms with Crippen LogP contribution in [0.2, 0.25) is 0 Å². The minimum atomic E-state index is -0.880. The summed E-state index contributed by atoms with van der Waals surface area (Å²) in [6.45, 7) is 2.23. The second-order valence-electron chi connectivity index (χ2n) is 5.56. The summed E-state index contributed by atoms with van der Waals surface area (Å²) >= 11 is 0. The van der Waals surface area contributed by atoms with Gasteiger partial charge in [0.05, 0.1) is 12.7 Å². The van der Waals surface area contributed by atoms with Crippen molar-refractivity contribution in [2.75, 3.05) is 7.11 Å². The molecule has 0 saturated heterocycles. The SMILES string of the molecule is CCCCCCCCCCc1cc(C(=O)O)ccc1OC. The van der Waals surface area contributed by atoms with Gasteiger partial charge in [-0.25, -0.2) is 4.79 Å². The van der Waals surface area contributed by atoms with Gasteiger partial charge in [-0.1, -0.05) is 51.9 Å². The Morgan fingerprint density at radius 2 is 1.67 bits per heavy atom. The number of hydrogen-bond donors (Lipinski definition) is 1. The van der Waals surface area contributed by atoms with E-state index in [2.05, 4.69) is 6.92 Å². The minimum Gasteiger partial charge on any atom is -0.496 e. The lowest BCUT2D eigenvalue weighted by Gasteiger charge is -2.09. The highest BCUT2D eigenvalue weighted by Gasteiger charge is 2.08. The van der Waals surface area contributed by atoms with E-state index in [1.807, 2.05) is 0 Å². The highest BCUT2D eigenvalue weighted by molar-refractivity contribution is 5.88. The number of unbranched alkanes of at least 4 members (excludes halogenated alkanes) is 7. The fraction of sp³-hybridized carbons (Fsp3) is 0.611. The lowest BCUT2D eigenvalue weighted by Crippen LogP contribution is -2.00. The first-order chi connectivity index (χ1) is 10.2. The van der Waals surface area contributed by atoms with Crippen LogP contribution >= 0.6 is 0 Å². The summed E-state index contributed by atoms with van der Waals surface area (Å²) < 4.78 is 5.31. The highest BCUT2D eigenvalue weighted by atomic mass is 16.5. The number of carboxylic acids is 1. The third-order valence-corrected chi connectivity index (χ3v) is 3.83. The lowest BCUT2D eigenvalue weighted by atomic mass is 10.0. The first-order valence-corrected chi connectivity index (χ1v) is 8.09. The number of carbonyl (C=O) groups is 1. The molecule has 0 unspecified atom stereocenters. The van der Waals surface area contributed by atoms with Gasteiger partial charge >= 0.3 is 5.97 Å². The van der Waals surface area contributed by atoms with E-state index in [1.54, 1.807) is 25.3 Å². The smallest absolute Gasteiger partial charge is 0.335 e. The van der Waals surface area contributed by atoms with Crippen molar-refractivity contribution < 1.29 is 14.6 Å². The summed E-state index contributed by atoms with van der Waals surface area (Å²) in [5, 5.41) is 9.04. The fourth-order valence-electron chi connectivity index (χ4n) is 2.56. The van der Waals surface area contributed by atoms with E-state index in [0.717, 1.165) is 24.2 Å². The van der Waals surface area contributed by atoms with Crippen LogP contribution in [0.4, 0.5) is 0 Å². The molecule has 0 bridgehead atoms. The second kappa shape index (κ2) is 10.3. The number of hydrogen-bond acceptors (Lipinski definition) is 2. The molecule has 0 saturated carbocycles. The molecule has 0 heterocycles. The maximum Gasteiger partial charge on any atom is 0.335 e. The molecule has 21 heavy (non-hydrogen) atoms. The predicted octanol–water partition coefficient (Wildman–Crippen LogP) is 5.08. The Balaban J connectivity index is 2.33. The highest BCUT2D eigenvalue weighted by Crippen LogP contribution is 2.22. The molecule has 3 heteroatoms. The van der Waals surface area contributed by atoms with E-state index in [1.165, 1.54) is 44.9 Å². The number of methoxy groups -OCH3 is 1. The molecule has 0 aliphatic carbocycles. The topological polar surface area (TPSA) is 46.5 Å². The molecule has 0 atom stereocenters. The molecule has 0 amide bonds. The zero-order chi connectivity index (χ0) is 15.5. The van der Waals surface area contributed by atoms with Gasteiger partial charge in [-0.15, -0.1) is 0 Å². The number of benzene rings is 1. The van der Waals surface area contributed by atoms with Gasteiger partial charge in [-0.3, -0.25) is 0 Å². The quantitative estimate of drug-likeness (QED) is 0.579. The summed E-state index contributed by atoms with van der Waals surface area (Å²) in [7, 11) is 1.63. The largest absolute Gasteiger partial charge is 0.496 e. The molecule has 3 nitrogen and oxygen atoms in total. The van der Waals surface area contributed by atoms with Crippen molar-refractivity contribution in [1.29, 1.82) is 0 Å². The van der Waals surface area contributed by atoms with Crippen molar-refractivity contribution in [3.8, 4) is 5.75 Å². The van der Waals surface area contributed by atoms with Gasteiger partial charge in [0.15, 0.2) is 0 Å². The molecular weight excluding hydrogens is 264 g/mol. The molecule has 1 aromatic carbocycles. The average molecular weight is 292 g/mol. The van der Waals surface area contributed by atoms with Crippen LogP contribution in [0.3, 0.4) is 0 Å². The van der Waals surface area contributed by atoms with Crippen molar-refractivity contribution in [1.82, 2.24) is 0 Å². The molecule has 0 spiro atoms. The number of carboxylic acid groups (broad SMARTS) is 1. The Morgan fingerprint density at radius 1 is 1.05 bits per heavy atom. The first-order valence-electron chi connectivity index (χ1n) is 8.09. The molecule has 118 valence electrons. The van der Waals surface area contributed by atoms with Crippen molar-refractivity contribution >= 4 is 5.97 Å². The van der Waals surface area contributed by atoms with E-state index in [0.29, 0.717) is 5.56 Å². The fourth-order valence-corrected chi connectivity index (χ4v) is 2.56. The van der Waals surface area contributed by atoms with Crippen LogP contribution in [-0.4, -0.2) is 18.2 Å². The Labute approximate surface area is 128 Å². The Bertz CT molecular complexity index is 426. The van der Waals surface area contributed by atoms with Crippen LogP contribution in [0.15, 0.2) is 18.2 Å². The van der Waals surface area contributed by atoms with Crippen LogP contribution in [0, 0.1) is 0 Å². The van der Waals surface area contributed by atoms with Gasteiger partial charge in [0.2, 0.25) is 0 Å².